The largest absolute Gasteiger partial charge is 0.357 e. The van der Waals surface area contributed by atoms with Crippen molar-refractivity contribution in [1.82, 2.24) is 20.4 Å². The minimum atomic E-state index is 0.152. The summed E-state index contributed by atoms with van der Waals surface area (Å²) in [6.45, 7) is 11.8. The first kappa shape index (κ1) is 20.0. The van der Waals surface area contributed by atoms with Gasteiger partial charge in [0, 0.05) is 26.2 Å². The molecule has 2 fully saturated rings. The molecular formula is C19H37N5O. The van der Waals surface area contributed by atoms with E-state index in [1.165, 1.54) is 32.4 Å². The molecule has 1 amide bonds. The summed E-state index contributed by atoms with van der Waals surface area (Å²) in [5.41, 5.74) is 0. The number of hydrogen-bond acceptors (Lipinski definition) is 3. The van der Waals surface area contributed by atoms with Gasteiger partial charge in [0.1, 0.15) is 6.54 Å². The van der Waals surface area contributed by atoms with E-state index in [0.717, 1.165) is 63.9 Å². The topological polar surface area (TPSA) is 60.0 Å². The first-order valence-electron chi connectivity index (χ1n) is 10.2. The Bertz CT molecular complexity index is 412. The molecule has 2 saturated heterocycles. The zero-order chi connectivity index (χ0) is 17.9. The second-order valence-corrected chi connectivity index (χ2v) is 7.44. The van der Waals surface area contributed by atoms with E-state index in [-0.39, 0.29) is 12.5 Å². The Morgan fingerprint density at radius 1 is 1.08 bits per heavy atom. The third-order valence-electron chi connectivity index (χ3n) is 5.25. The van der Waals surface area contributed by atoms with Crippen LogP contribution >= 0.6 is 0 Å². The number of nitrogens with one attached hydrogen (secondary N) is 2. The Kier molecular flexibility index (Phi) is 9.08. The molecule has 0 aromatic heterocycles. The SMILES string of the molecule is CCNC(=NCC(=O)N1CCCCC1)NCCCN1CCC(C)CC1. The standard InChI is InChI=1S/C19H37N5O/c1-3-20-19(22-16-18(25)24-12-5-4-6-13-24)21-10-7-11-23-14-8-17(2)9-15-23/h17H,3-16H2,1-2H3,(H2,20,21,22). The summed E-state index contributed by atoms with van der Waals surface area (Å²) in [5, 5.41) is 6.61. The third-order valence-corrected chi connectivity index (χ3v) is 5.25. The maximum absolute atomic E-state index is 12.2. The highest BCUT2D eigenvalue weighted by Crippen LogP contribution is 2.15. The van der Waals surface area contributed by atoms with Gasteiger partial charge >= 0.3 is 0 Å². The van der Waals surface area contributed by atoms with Crippen LogP contribution in [0.5, 0.6) is 0 Å². The zero-order valence-corrected chi connectivity index (χ0v) is 16.2. The molecule has 25 heavy (non-hydrogen) atoms. The lowest BCUT2D eigenvalue weighted by atomic mass is 9.99. The highest BCUT2D eigenvalue weighted by Gasteiger charge is 2.16. The Balaban J connectivity index is 1.65. The maximum Gasteiger partial charge on any atom is 0.244 e. The van der Waals surface area contributed by atoms with Gasteiger partial charge in [-0.25, -0.2) is 4.99 Å². The van der Waals surface area contributed by atoms with Crippen molar-refractivity contribution in [3.8, 4) is 0 Å². The van der Waals surface area contributed by atoms with Crippen molar-refractivity contribution in [3.63, 3.8) is 0 Å². The molecule has 0 aliphatic carbocycles. The Hall–Kier alpha value is -1.30. The van der Waals surface area contributed by atoms with E-state index in [2.05, 4.69) is 34.4 Å². The summed E-state index contributed by atoms with van der Waals surface area (Å²) in [6, 6.07) is 0. The fourth-order valence-corrected chi connectivity index (χ4v) is 3.53. The van der Waals surface area contributed by atoms with Crippen LogP contribution in [0, 0.1) is 5.92 Å². The van der Waals surface area contributed by atoms with Crippen LogP contribution in [0.2, 0.25) is 0 Å². The number of piperidine rings is 2. The molecule has 0 aromatic carbocycles. The molecule has 2 N–H and O–H groups in total. The molecule has 0 radical (unpaired) electrons. The van der Waals surface area contributed by atoms with Crippen LogP contribution in [0.3, 0.4) is 0 Å². The van der Waals surface area contributed by atoms with Gasteiger partial charge in [0.25, 0.3) is 0 Å². The lowest BCUT2D eigenvalue weighted by molar-refractivity contribution is -0.130. The summed E-state index contributed by atoms with van der Waals surface area (Å²) in [4.78, 5) is 21.2. The fraction of sp³-hybridized carbons (Fsp3) is 0.895. The van der Waals surface area contributed by atoms with Crippen molar-refractivity contribution in [2.45, 2.75) is 52.4 Å². The molecule has 0 bridgehead atoms. The van der Waals surface area contributed by atoms with Crippen molar-refractivity contribution >= 4 is 11.9 Å². The molecule has 0 aromatic rings. The van der Waals surface area contributed by atoms with Crippen molar-refractivity contribution in [2.24, 2.45) is 10.9 Å². The summed E-state index contributed by atoms with van der Waals surface area (Å²) < 4.78 is 0. The average molecular weight is 352 g/mol. The van der Waals surface area contributed by atoms with E-state index >= 15 is 0 Å². The van der Waals surface area contributed by atoms with E-state index in [9.17, 15) is 4.79 Å². The van der Waals surface area contributed by atoms with Crippen LogP contribution in [-0.4, -0.2) is 74.0 Å². The van der Waals surface area contributed by atoms with E-state index in [4.69, 9.17) is 0 Å². The van der Waals surface area contributed by atoms with Gasteiger partial charge in [-0.15, -0.1) is 0 Å². The molecule has 2 rings (SSSR count). The van der Waals surface area contributed by atoms with E-state index in [1.54, 1.807) is 0 Å². The van der Waals surface area contributed by atoms with Crippen LogP contribution in [-0.2, 0) is 4.79 Å². The molecule has 6 heteroatoms. The Labute approximate surface area is 153 Å². The van der Waals surface area contributed by atoms with Gasteiger partial charge in [0.05, 0.1) is 0 Å². The van der Waals surface area contributed by atoms with Crippen LogP contribution in [0.4, 0.5) is 0 Å². The first-order valence-corrected chi connectivity index (χ1v) is 10.2. The maximum atomic E-state index is 12.2. The minimum absolute atomic E-state index is 0.152. The Morgan fingerprint density at radius 3 is 2.48 bits per heavy atom. The molecule has 0 atom stereocenters. The molecule has 2 aliphatic rings. The predicted molar refractivity (Wildman–Crippen MR) is 104 cm³/mol. The molecular weight excluding hydrogens is 314 g/mol. The molecule has 0 unspecified atom stereocenters. The number of rotatable bonds is 7. The lowest BCUT2D eigenvalue weighted by Crippen LogP contribution is -2.41. The lowest BCUT2D eigenvalue weighted by Gasteiger charge is -2.30. The van der Waals surface area contributed by atoms with Crippen LogP contribution in [0.1, 0.15) is 52.4 Å². The molecule has 2 aliphatic heterocycles. The normalized spacial score (nSPS) is 20.6. The Morgan fingerprint density at radius 2 is 1.80 bits per heavy atom. The number of carbonyl (C=O) groups excluding carboxylic acids is 1. The van der Waals surface area contributed by atoms with E-state index < -0.39 is 0 Å². The quantitative estimate of drug-likeness (QED) is 0.416. The number of hydrogen-bond donors (Lipinski definition) is 2. The molecule has 0 saturated carbocycles. The van der Waals surface area contributed by atoms with Crippen LogP contribution < -0.4 is 10.6 Å². The monoisotopic (exact) mass is 351 g/mol. The second-order valence-electron chi connectivity index (χ2n) is 7.44. The molecule has 144 valence electrons. The predicted octanol–water partition coefficient (Wildman–Crippen LogP) is 1.68. The van der Waals surface area contributed by atoms with Gasteiger partial charge in [-0.3, -0.25) is 4.79 Å². The zero-order valence-electron chi connectivity index (χ0n) is 16.2. The highest BCUT2D eigenvalue weighted by molar-refractivity contribution is 5.84. The number of likely N-dealkylation sites (tertiary alicyclic amines) is 2. The molecule has 0 spiro atoms. The van der Waals surface area contributed by atoms with Crippen LogP contribution in [0.15, 0.2) is 4.99 Å². The van der Waals surface area contributed by atoms with Gasteiger partial charge in [-0.1, -0.05) is 6.92 Å². The number of aliphatic imine (C=N–C) groups is 1. The second kappa shape index (κ2) is 11.3. The number of guanidine groups is 1. The van der Waals surface area contributed by atoms with Gasteiger partial charge in [-0.05, 0) is 71.0 Å². The number of amides is 1. The molecule has 2 heterocycles. The summed E-state index contributed by atoms with van der Waals surface area (Å²) in [5.74, 6) is 1.80. The summed E-state index contributed by atoms with van der Waals surface area (Å²) in [7, 11) is 0. The molecule has 6 nitrogen and oxygen atoms in total. The smallest absolute Gasteiger partial charge is 0.244 e. The van der Waals surface area contributed by atoms with Crippen molar-refractivity contribution < 1.29 is 4.79 Å². The van der Waals surface area contributed by atoms with E-state index in [0.29, 0.717) is 0 Å². The summed E-state index contributed by atoms with van der Waals surface area (Å²) in [6.07, 6.45) is 7.27. The van der Waals surface area contributed by atoms with E-state index in [1.807, 2.05) is 4.90 Å². The van der Waals surface area contributed by atoms with Gasteiger partial charge < -0.3 is 20.4 Å². The van der Waals surface area contributed by atoms with Crippen molar-refractivity contribution in [3.05, 3.63) is 0 Å². The fourth-order valence-electron chi connectivity index (χ4n) is 3.53. The number of carbonyl (C=O) groups is 1. The van der Waals surface area contributed by atoms with Crippen LogP contribution in [0.25, 0.3) is 0 Å². The van der Waals surface area contributed by atoms with Gasteiger partial charge in [0.15, 0.2) is 5.96 Å². The summed E-state index contributed by atoms with van der Waals surface area (Å²) >= 11 is 0. The number of nitrogens with zero attached hydrogens (tertiary/aromatic N) is 3. The third kappa shape index (κ3) is 7.63. The minimum Gasteiger partial charge on any atom is -0.357 e. The van der Waals surface area contributed by atoms with Gasteiger partial charge in [0.2, 0.25) is 5.91 Å². The average Bonchev–Trinajstić information content (AvgIpc) is 2.65. The van der Waals surface area contributed by atoms with Crippen molar-refractivity contribution in [1.29, 1.82) is 0 Å². The highest BCUT2D eigenvalue weighted by atomic mass is 16.2. The first-order chi connectivity index (χ1) is 12.2. The van der Waals surface area contributed by atoms with Gasteiger partial charge in [-0.2, -0.15) is 0 Å². The van der Waals surface area contributed by atoms with Crippen molar-refractivity contribution in [2.75, 3.05) is 52.4 Å².